The predicted octanol–water partition coefficient (Wildman–Crippen LogP) is 4.74. The van der Waals surface area contributed by atoms with Gasteiger partial charge in [0.05, 0.1) is 0 Å². The van der Waals surface area contributed by atoms with Gasteiger partial charge in [0.1, 0.15) is 5.41 Å². The fraction of sp³-hybridized carbons (Fsp3) is 0.875. The summed E-state index contributed by atoms with van der Waals surface area (Å²) in [7, 11) is 0. The van der Waals surface area contributed by atoms with Gasteiger partial charge in [-0.2, -0.15) is 18.2 Å². The van der Waals surface area contributed by atoms with Gasteiger partial charge in [-0.05, 0) is 38.5 Å². The first-order valence-corrected chi connectivity index (χ1v) is 8.48. The molecule has 24 heavy (non-hydrogen) atoms. The maximum atomic E-state index is 14.2. The number of rotatable bonds is 2. The normalized spacial score (nSPS) is 37.6. The smallest absolute Gasteiger partial charge is 0.339 e. The van der Waals surface area contributed by atoms with Crippen LogP contribution in [0.3, 0.4) is 0 Å². The van der Waals surface area contributed by atoms with E-state index in [1.807, 2.05) is 0 Å². The minimum Gasteiger partial charge on any atom is -0.339 e. The molecule has 4 fully saturated rings. The van der Waals surface area contributed by atoms with Gasteiger partial charge < -0.3 is 4.52 Å². The van der Waals surface area contributed by atoms with Crippen molar-refractivity contribution in [3.63, 3.8) is 0 Å². The second kappa shape index (κ2) is 3.96. The van der Waals surface area contributed by atoms with Crippen molar-refractivity contribution in [2.75, 3.05) is 0 Å². The second-order valence-electron chi connectivity index (χ2n) is 8.09. The molecule has 4 aliphatic carbocycles. The fourth-order valence-electron chi connectivity index (χ4n) is 5.43. The molecular weight excluding hydrogens is 331 g/mol. The molecule has 1 aromatic heterocycles. The largest absolute Gasteiger partial charge is 0.401 e. The first-order chi connectivity index (χ1) is 11.2. The molecule has 2 spiro atoms. The summed E-state index contributed by atoms with van der Waals surface area (Å²) < 4.78 is 73.4. The molecule has 0 N–H and O–H groups in total. The van der Waals surface area contributed by atoms with Crippen LogP contribution in [-0.4, -0.2) is 22.2 Å². The van der Waals surface area contributed by atoms with Gasteiger partial charge in [-0.3, -0.25) is 0 Å². The van der Waals surface area contributed by atoms with Crippen molar-refractivity contribution in [2.24, 2.45) is 10.8 Å². The maximum absolute atomic E-state index is 14.2. The minimum absolute atomic E-state index is 0.0364. The van der Waals surface area contributed by atoms with Crippen molar-refractivity contribution in [3.05, 3.63) is 11.7 Å². The molecule has 0 bridgehead atoms. The highest BCUT2D eigenvalue weighted by Gasteiger charge is 2.94. The van der Waals surface area contributed by atoms with Gasteiger partial charge >= 0.3 is 6.18 Å². The quantitative estimate of drug-likeness (QED) is 0.725. The standard InChI is InChI=1S/C16H17F5N2O/c17-15(18)13(5-2-6-13)14(15)7-9(8-14)10-22-11(23-24-10)12(3-1-4-12)16(19,20)21/h9H,1-8H2. The highest BCUT2D eigenvalue weighted by molar-refractivity contribution is 5.37. The van der Waals surface area contributed by atoms with Crippen LogP contribution in [0.4, 0.5) is 22.0 Å². The Balaban J connectivity index is 1.36. The molecule has 4 saturated carbocycles. The van der Waals surface area contributed by atoms with Gasteiger partial charge in [-0.25, -0.2) is 8.78 Å². The molecule has 0 aromatic carbocycles. The SMILES string of the molecule is FC(F)(F)C1(c2noc(C3CC4(C3)C(F)(F)C43CCC3)n2)CCC1. The Morgan fingerprint density at radius 1 is 0.958 bits per heavy atom. The van der Waals surface area contributed by atoms with Gasteiger partial charge in [-0.15, -0.1) is 0 Å². The zero-order chi connectivity index (χ0) is 17.0. The number of nitrogens with zero attached hydrogens (tertiary/aromatic N) is 2. The van der Waals surface area contributed by atoms with E-state index in [1.54, 1.807) is 0 Å². The Morgan fingerprint density at radius 2 is 1.58 bits per heavy atom. The monoisotopic (exact) mass is 348 g/mol. The summed E-state index contributed by atoms with van der Waals surface area (Å²) in [5, 5.41) is 3.56. The summed E-state index contributed by atoms with van der Waals surface area (Å²) in [5.41, 5.74) is -3.81. The number of aromatic nitrogens is 2. The zero-order valence-corrected chi connectivity index (χ0v) is 12.9. The molecule has 0 atom stereocenters. The van der Waals surface area contributed by atoms with Gasteiger partial charge in [0, 0.05) is 16.7 Å². The first kappa shape index (κ1) is 15.1. The van der Waals surface area contributed by atoms with Gasteiger partial charge in [0.25, 0.3) is 5.92 Å². The Bertz CT molecular complexity index is 696. The zero-order valence-electron chi connectivity index (χ0n) is 12.9. The van der Waals surface area contributed by atoms with Crippen LogP contribution >= 0.6 is 0 Å². The lowest BCUT2D eigenvalue weighted by molar-refractivity contribution is -0.215. The van der Waals surface area contributed by atoms with E-state index in [0.717, 1.165) is 6.42 Å². The van der Waals surface area contributed by atoms with Gasteiger partial charge in [0.2, 0.25) is 5.89 Å². The molecule has 8 heteroatoms. The number of alkyl halides is 5. The second-order valence-corrected chi connectivity index (χ2v) is 8.09. The van der Waals surface area contributed by atoms with Crippen LogP contribution in [0.2, 0.25) is 0 Å². The predicted molar refractivity (Wildman–Crippen MR) is 71.5 cm³/mol. The van der Waals surface area contributed by atoms with E-state index in [-0.39, 0.29) is 43.3 Å². The van der Waals surface area contributed by atoms with Crippen LogP contribution in [0.5, 0.6) is 0 Å². The third-order valence-corrected chi connectivity index (χ3v) is 7.42. The van der Waals surface area contributed by atoms with Crippen molar-refractivity contribution in [3.8, 4) is 0 Å². The van der Waals surface area contributed by atoms with E-state index in [0.29, 0.717) is 19.3 Å². The average Bonchev–Trinajstić information content (AvgIpc) is 2.62. The number of fused-ring (bicyclic) bond motifs is 1. The van der Waals surface area contributed by atoms with E-state index in [4.69, 9.17) is 4.52 Å². The minimum atomic E-state index is -4.41. The van der Waals surface area contributed by atoms with E-state index in [2.05, 4.69) is 10.1 Å². The molecule has 0 radical (unpaired) electrons. The summed E-state index contributed by atoms with van der Waals surface area (Å²) >= 11 is 0. The van der Waals surface area contributed by atoms with E-state index in [9.17, 15) is 22.0 Å². The van der Waals surface area contributed by atoms with Crippen LogP contribution in [-0.2, 0) is 5.41 Å². The lowest BCUT2D eigenvalue weighted by Gasteiger charge is -2.40. The van der Waals surface area contributed by atoms with Crippen LogP contribution in [0.25, 0.3) is 0 Å². The summed E-state index contributed by atoms with van der Waals surface area (Å²) in [4.78, 5) is 3.98. The molecule has 1 heterocycles. The van der Waals surface area contributed by atoms with Crippen LogP contribution in [0.1, 0.15) is 69.0 Å². The summed E-state index contributed by atoms with van der Waals surface area (Å²) in [6, 6.07) is 0. The van der Waals surface area contributed by atoms with E-state index in [1.165, 1.54) is 0 Å². The summed E-state index contributed by atoms with van der Waals surface area (Å²) in [5.74, 6) is -3.19. The van der Waals surface area contributed by atoms with Crippen molar-refractivity contribution in [1.29, 1.82) is 0 Å². The van der Waals surface area contributed by atoms with Gasteiger partial charge in [0.15, 0.2) is 5.82 Å². The Labute approximate surface area is 135 Å². The van der Waals surface area contributed by atoms with Crippen molar-refractivity contribution in [1.82, 2.24) is 10.1 Å². The molecule has 4 aliphatic rings. The average molecular weight is 348 g/mol. The Kier molecular flexibility index (Phi) is 2.49. The number of halogens is 5. The highest BCUT2D eigenvalue weighted by atomic mass is 19.4. The number of hydrogen-bond donors (Lipinski definition) is 0. The molecule has 3 nitrogen and oxygen atoms in total. The fourth-order valence-corrected chi connectivity index (χ4v) is 5.43. The van der Waals surface area contributed by atoms with Crippen LogP contribution < -0.4 is 0 Å². The number of hydrogen-bond acceptors (Lipinski definition) is 3. The van der Waals surface area contributed by atoms with Crippen molar-refractivity contribution < 1.29 is 26.5 Å². The molecule has 132 valence electrons. The molecule has 0 saturated heterocycles. The van der Waals surface area contributed by atoms with Gasteiger partial charge in [-0.1, -0.05) is 18.0 Å². The highest BCUT2D eigenvalue weighted by Crippen LogP contribution is 2.90. The van der Waals surface area contributed by atoms with Crippen LogP contribution in [0.15, 0.2) is 4.52 Å². The molecule has 0 unspecified atom stereocenters. The summed E-state index contributed by atoms with van der Waals surface area (Å²) in [6.45, 7) is 0. The maximum Gasteiger partial charge on any atom is 0.401 e. The lowest BCUT2D eigenvalue weighted by atomic mass is 9.62. The molecular formula is C16H17F5N2O. The molecule has 0 aliphatic heterocycles. The van der Waals surface area contributed by atoms with Crippen molar-refractivity contribution >= 4 is 0 Å². The molecule has 0 amide bonds. The van der Waals surface area contributed by atoms with E-state index < -0.39 is 28.3 Å². The molecule has 5 rings (SSSR count). The Morgan fingerprint density at radius 3 is 2.00 bits per heavy atom. The van der Waals surface area contributed by atoms with Crippen molar-refractivity contribution in [2.45, 2.75) is 74.8 Å². The van der Waals surface area contributed by atoms with Crippen LogP contribution in [0, 0.1) is 10.8 Å². The Hall–Kier alpha value is -1.21. The third-order valence-electron chi connectivity index (χ3n) is 7.42. The summed E-state index contributed by atoms with van der Waals surface area (Å²) in [6.07, 6.45) is -1.56. The first-order valence-electron chi connectivity index (χ1n) is 8.48. The van der Waals surface area contributed by atoms with E-state index >= 15 is 0 Å². The third kappa shape index (κ3) is 1.35. The topological polar surface area (TPSA) is 38.9 Å². The lowest BCUT2D eigenvalue weighted by Crippen LogP contribution is -2.48. The molecule has 1 aromatic rings.